The van der Waals surface area contributed by atoms with Gasteiger partial charge in [-0.2, -0.15) is 0 Å². The Kier molecular flexibility index (Phi) is 5.83. The van der Waals surface area contributed by atoms with Gasteiger partial charge in [0.1, 0.15) is 0 Å². The minimum Gasteiger partial charge on any atom is -0.350 e. The van der Waals surface area contributed by atoms with Crippen molar-refractivity contribution < 1.29 is 4.79 Å². The van der Waals surface area contributed by atoms with Gasteiger partial charge in [-0.25, -0.2) is 0 Å². The van der Waals surface area contributed by atoms with Crippen LogP contribution in [0.3, 0.4) is 0 Å². The number of nitrogens with one attached hydrogen (secondary N) is 2. The smallest absolute Gasteiger partial charge is 0.234 e. The molecule has 0 radical (unpaired) electrons. The van der Waals surface area contributed by atoms with Crippen molar-refractivity contribution in [3.63, 3.8) is 0 Å². The second kappa shape index (κ2) is 6.92. The monoisotopic (exact) mass is 282 g/mol. The molecule has 0 saturated carbocycles. The van der Waals surface area contributed by atoms with E-state index in [9.17, 15) is 4.79 Å². The summed E-state index contributed by atoms with van der Waals surface area (Å²) in [6, 6.07) is 7.71. The molecule has 0 aliphatic carbocycles. The second-order valence-corrected chi connectivity index (χ2v) is 5.82. The maximum atomic E-state index is 11.8. The lowest BCUT2D eigenvalue weighted by atomic mass is 10.0. The summed E-state index contributed by atoms with van der Waals surface area (Å²) in [6.45, 7) is 8.38. The van der Waals surface area contributed by atoms with Crippen molar-refractivity contribution in [1.29, 1.82) is 0 Å². The zero-order valence-electron chi connectivity index (χ0n) is 12.1. The maximum Gasteiger partial charge on any atom is 0.234 e. The van der Waals surface area contributed by atoms with Gasteiger partial charge in [0.2, 0.25) is 5.91 Å². The Morgan fingerprint density at radius 2 is 2.00 bits per heavy atom. The van der Waals surface area contributed by atoms with E-state index in [4.69, 9.17) is 11.6 Å². The van der Waals surface area contributed by atoms with Crippen molar-refractivity contribution >= 4 is 17.5 Å². The van der Waals surface area contributed by atoms with E-state index >= 15 is 0 Å². The van der Waals surface area contributed by atoms with Crippen molar-refractivity contribution in [2.24, 2.45) is 0 Å². The van der Waals surface area contributed by atoms with Crippen LogP contribution in [0.25, 0.3) is 0 Å². The molecule has 0 fully saturated rings. The lowest BCUT2D eigenvalue weighted by Crippen LogP contribution is -2.46. The topological polar surface area (TPSA) is 41.1 Å². The molecule has 1 aromatic rings. The van der Waals surface area contributed by atoms with Crippen molar-refractivity contribution in [2.45, 2.75) is 45.7 Å². The molecule has 0 aliphatic heterocycles. The molecular weight excluding hydrogens is 260 g/mol. The summed E-state index contributed by atoms with van der Waals surface area (Å²) >= 11 is 6.12. The fourth-order valence-electron chi connectivity index (χ4n) is 1.69. The van der Waals surface area contributed by atoms with Crippen LogP contribution in [-0.4, -0.2) is 18.0 Å². The average Bonchev–Trinajstić information content (AvgIpc) is 2.36. The third-order valence-electron chi connectivity index (χ3n) is 3.30. The van der Waals surface area contributed by atoms with Gasteiger partial charge in [0.15, 0.2) is 0 Å². The molecule has 1 amide bonds. The number of carbonyl (C=O) groups is 1. The van der Waals surface area contributed by atoms with Crippen molar-refractivity contribution in [3.8, 4) is 0 Å². The molecule has 1 unspecified atom stereocenters. The SMILES string of the molecule is CCC(C)(C)NC(=O)CNC(C)c1ccccc1Cl. The minimum atomic E-state index is -0.160. The lowest BCUT2D eigenvalue weighted by molar-refractivity contribution is -0.122. The second-order valence-electron chi connectivity index (χ2n) is 5.41. The summed E-state index contributed by atoms with van der Waals surface area (Å²) in [5, 5.41) is 6.90. The Hall–Kier alpha value is -1.06. The highest BCUT2D eigenvalue weighted by molar-refractivity contribution is 6.31. The molecule has 0 saturated heterocycles. The predicted molar refractivity (Wildman–Crippen MR) is 80.4 cm³/mol. The van der Waals surface area contributed by atoms with Crippen LogP contribution in [0.1, 0.15) is 45.7 Å². The number of benzene rings is 1. The van der Waals surface area contributed by atoms with Gasteiger partial charge in [0.25, 0.3) is 0 Å². The Labute approximate surface area is 120 Å². The van der Waals surface area contributed by atoms with Gasteiger partial charge in [0, 0.05) is 16.6 Å². The molecule has 0 aliphatic rings. The summed E-state index contributed by atoms with van der Waals surface area (Å²) in [5.74, 6) is 0.00533. The first-order chi connectivity index (χ1) is 8.85. The van der Waals surface area contributed by atoms with Gasteiger partial charge in [-0.3, -0.25) is 4.79 Å². The van der Waals surface area contributed by atoms with Crippen LogP contribution in [0.4, 0.5) is 0 Å². The van der Waals surface area contributed by atoms with Gasteiger partial charge < -0.3 is 10.6 Å². The van der Waals surface area contributed by atoms with Gasteiger partial charge in [0.05, 0.1) is 6.54 Å². The standard InChI is InChI=1S/C15H23ClN2O/c1-5-15(3,4)18-14(19)10-17-11(2)12-8-6-7-9-13(12)16/h6-9,11,17H,5,10H2,1-4H3,(H,18,19). The molecule has 4 heteroatoms. The van der Waals surface area contributed by atoms with E-state index < -0.39 is 0 Å². The molecule has 0 heterocycles. The number of carbonyl (C=O) groups excluding carboxylic acids is 1. The molecule has 0 aromatic heterocycles. The van der Waals surface area contributed by atoms with Gasteiger partial charge >= 0.3 is 0 Å². The highest BCUT2D eigenvalue weighted by atomic mass is 35.5. The fraction of sp³-hybridized carbons (Fsp3) is 0.533. The number of amides is 1. The Bertz CT molecular complexity index is 432. The third kappa shape index (κ3) is 5.21. The van der Waals surface area contributed by atoms with E-state index in [2.05, 4.69) is 17.6 Å². The number of hydrogen-bond acceptors (Lipinski definition) is 2. The predicted octanol–water partition coefficient (Wildman–Crippen LogP) is 3.30. The molecule has 19 heavy (non-hydrogen) atoms. The van der Waals surface area contributed by atoms with Gasteiger partial charge in [-0.1, -0.05) is 36.7 Å². The van der Waals surface area contributed by atoms with Crippen LogP contribution >= 0.6 is 11.6 Å². The molecule has 2 N–H and O–H groups in total. The minimum absolute atomic E-state index is 0.00533. The van der Waals surface area contributed by atoms with E-state index in [1.54, 1.807) is 0 Å². The number of halogens is 1. The first kappa shape index (κ1) is 16.0. The summed E-state index contributed by atoms with van der Waals surface area (Å²) < 4.78 is 0. The van der Waals surface area contributed by atoms with E-state index in [-0.39, 0.29) is 24.0 Å². The molecule has 106 valence electrons. The van der Waals surface area contributed by atoms with Crippen molar-refractivity contribution in [1.82, 2.24) is 10.6 Å². The zero-order valence-corrected chi connectivity index (χ0v) is 12.8. The van der Waals surface area contributed by atoms with Crippen LogP contribution in [0.2, 0.25) is 5.02 Å². The molecule has 3 nitrogen and oxygen atoms in total. The molecule has 1 atom stereocenters. The highest BCUT2D eigenvalue weighted by Gasteiger charge is 2.18. The van der Waals surface area contributed by atoms with E-state index in [0.717, 1.165) is 17.0 Å². The Morgan fingerprint density at radius 3 is 2.58 bits per heavy atom. The number of hydrogen-bond donors (Lipinski definition) is 2. The maximum absolute atomic E-state index is 11.8. The Morgan fingerprint density at radius 1 is 1.37 bits per heavy atom. The molecule has 0 spiro atoms. The molecule has 1 aromatic carbocycles. The van der Waals surface area contributed by atoms with Crippen LogP contribution in [0.5, 0.6) is 0 Å². The van der Waals surface area contributed by atoms with Crippen LogP contribution in [0.15, 0.2) is 24.3 Å². The quantitative estimate of drug-likeness (QED) is 0.841. The van der Waals surface area contributed by atoms with Gasteiger partial charge in [-0.15, -0.1) is 0 Å². The Balaban J connectivity index is 2.49. The summed E-state index contributed by atoms with van der Waals surface area (Å²) in [7, 11) is 0. The summed E-state index contributed by atoms with van der Waals surface area (Å²) in [4.78, 5) is 11.8. The lowest BCUT2D eigenvalue weighted by Gasteiger charge is -2.25. The van der Waals surface area contributed by atoms with Crippen LogP contribution < -0.4 is 10.6 Å². The molecule has 1 rings (SSSR count). The van der Waals surface area contributed by atoms with Crippen molar-refractivity contribution in [3.05, 3.63) is 34.9 Å². The van der Waals surface area contributed by atoms with E-state index in [0.29, 0.717) is 0 Å². The van der Waals surface area contributed by atoms with Crippen LogP contribution in [-0.2, 0) is 4.79 Å². The molecule has 0 bridgehead atoms. The fourth-order valence-corrected chi connectivity index (χ4v) is 1.99. The largest absolute Gasteiger partial charge is 0.350 e. The summed E-state index contributed by atoms with van der Waals surface area (Å²) in [6.07, 6.45) is 0.902. The summed E-state index contributed by atoms with van der Waals surface area (Å²) in [5.41, 5.74) is 0.846. The molecular formula is C15H23ClN2O. The first-order valence-electron chi connectivity index (χ1n) is 6.64. The van der Waals surface area contributed by atoms with Crippen molar-refractivity contribution in [2.75, 3.05) is 6.54 Å². The normalized spacial score (nSPS) is 13.1. The third-order valence-corrected chi connectivity index (χ3v) is 3.65. The van der Waals surface area contributed by atoms with Crippen LogP contribution in [0, 0.1) is 0 Å². The highest BCUT2D eigenvalue weighted by Crippen LogP contribution is 2.21. The van der Waals surface area contributed by atoms with E-state index in [1.165, 1.54) is 0 Å². The average molecular weight is 283 g/mol. The first-order valence-corrected chi connectivity index (χ1v) is 7.02. The van der Waals surface area contributed by atoms with E-state index in [1.807, 2.05) is 45.0 Å². The zero-order chi connectivity index (χ0) is 14.5. The number of rotatable bonds is 6. The van der Waals surface area contributed by atoms with Gasteiger partial charge in [-0.05, 0) is 38.8 Å².